The first-order valence-corrected chi connectivity index (χ1v) is 9.92. The fraction of sp³-hybridized carbons (Fsp3) is 0.619. The Morgan fingerprint density at radius 3 is 2.44 bits per heavy atom. The predicted octanol–water partition coefficient (Wildman–Crippen LogP) is 1.52. The molecule has 148 valence electrons. The summed E-state index contributed by atoms with van der Waals surface area (Å²) in [6, 6.07) is 8.17. The molecule has 2 amide bonds. The Morgan fingerprint density at radius 1 is 1.11 bits per heavy atom. The van der Waals surface area contributed by atoms with E-state index in [2.05, 4.69) is 24.0 Å². The molecule has 0 aliphatic carbocycles. The first kappa shape index (κ1) is 19.8. The number of piperidine rings is 1. The Kier molecular flexibility index (Phi) is 6.85. The molecule has 0 atom stereocenters. The topological polar surface area (TPSA) is 53.1 Å². The number of likely N-dealkylation sites (N-methyl/N-ethyl adjacent to an activating group) is 1. The number of morpholine rings is 1. The minimum Gasteiger partial charge on any atom is -0.378 e. The maximum atomic E-state index is 12.6. The lowest BCUT2D eigenvalue weighted by Crippen LogP contribution is -2.48. The minimum absolute atomic E-state index is 0.0964. The lowest BCUT2D eigenvalue weighted by molar-refractivity contribution is -0.141. The summed E-state index contributed by atoms with van der Waals surface area (Å²) < 4.78 is 5.33. The maximum Gasteiger partial charge on any atom is 0.236 e. The van der Waals surface area contributed by atoms with Crippen LogP contribution in [0.4, 0.5) is 0 Å². The molecule has 27 heavy (non-hydrogen) atoms. The van der Waals surface area contributed by atoms with E-state index in [-0.39, 0.29) is 17.7 Å². The van der Waals surface area contributed by atoms with Crippen molar-refractivity contribution in [2.24, 2.45) is 5.92 Å². The normalized spacial score (nSPS) is 19.1. The average Bonchev–Trinajstić information content (AvgIpc) is 2.70. The van der Waals surface area contributed by atoms with Crippen molar-refractivity contribution in [3.8, 4) is 0 Å². The van der Waals surface area contributed by atoms with E-state index in [9.17, 15) is 9.59 Å². The van der Waals surface area contributed by atoms with Gasteiger partial charge in [-0.2, -0.15) is 0 Å². The van der Waals surface area contributed by atoms with Crippen LogP contribution in [0.25, 0.3) is 0 Å². The van der Waals surface area contributed by atoms with Crippen LogP contribution in [0.3, 0.4) is 0 Å². The SMILES string of the molecule is Cc1ccccc1CN(C)C(=O)CN1CCC(C(=O)N2CCOCC2)CC1. The predicted molar refractivity (Wildman–Crippen MR) is 104 cm³/mol. The van der Waals surface area contributed by atoms with Crippen molar-refractivity contribution in [2.45, 2.75) is 26.3 Å². The van der Waals surface area contributed by atoms with Crippen molar-refractivity contribution in [3.05, 3.63) is 35.4 Å². The molecule has 2 heterocycles. The third-order valence-electron chi connectivity index (χ3n) is 5.71. The summed E-state index contributed by atoms with van der Waals surface area (Å²) in [5.74, 6) is 0.497. The third kappa shape index (κ3) is 5.30. The fourth-order valence-electron chi connectivity index (χ4n) is 3.82. The average molecular weight is 373 g/mol. The zero-order valence-corrected chi connectivity index (χ0v) is 16.5. The number of amides is 2. The van der Waals surface area contributed by atoms with Crippen LogP contribution in [0.5, 0.6) is 0 Å². The highest BCUT2D eigenvalue weighted by Crippen LogP contribution is 2.20. The highest BCUT2D eigenvalue weighted by atomic mass is 16.5. The lowest BCUT2D eigenvalue weighted by Gasteiger charge is -2.35. The van der Waals surface area contributed by atoms with Gasteiger partial charge in [-0.1, -0.05) is 24.3 Å². The molecule has 0 spiro atoms. The number of ether oxygens (including phenoxy) is 1. The number of nitrogens with zero attached hydrogens (tertiary/aromatic N) is 3. The van der Waals surface area contributed by atoms with Gasteiger partial charge in [-0.05, 0) is 44.0 Å². The molecular weight excluding hydrogens is 342 g/mol. The Bertz CT molecular complexity index is 650. The number of carbonyl (C=O) groups is 2. The van der Waals surface area contributed by atoms with E-state index in [1.807, 2.05) is 24.1 Å². The van der Waals surface area contributed by atoms with Gasteiger partial charge < -0.3 is 14.5 Å². The van der Waals surface area contributed by atoms with Gasteiger partial charge in [-0.15, -0.1) is 0 Å². The summed E-state index contributed by atoms with van der Waals surface area (Å²) in [6.45, 7) is 7.47. The summed E-state index contributed by atoms with van der Waals surface area (Å²) >= 11 is 0. The van der Waals surface area contributed by atoms with E-state index in [0.29, 0.717) is 39.4 Å². The number of likely N-dealkylation sites (tertiary alicyclic amines) is 1. The van der Waals surface area contributed by atoms with Crippen molar-refractivity contribution in [1.82, 2.24) is 14.7 Å². The van der Waals surface area contributed by atoms with E-state index < -0.39 is 0 Å². The Labute approximate surface area is 162 Å². The van der Waals surface area contributed by atoms with E-state index in [1.165, 1.54) is 11.1 Å². The highest BCUT2D eigenvalue weighted by molar-refractivity contribution is 5.79. The zero-order valence-electron chi connectivity index (χ0n) is 16.5. The summed E-state index contributed by atoms with van der Waals surface area (Å²) in [6.07, 6.45) is 1.68. The maximum absolute atomic E-state index is 12.6. The molecule has 0 aromatic heterocycles. The van der Waals surface area contributed by atoms with Crippen molar-refractivity contribution in [3.63, 3.8) is 0 Å². The molecule has 0 radical (unpaired) electrons. The molecular formula is C21H31N3O3. The van der Waals surface area contributed by atoms with Crippen LogP contribution in [0.1, 0.15) is 24.0 Å². The molecule has 0 N–H and O–H groups in total. The first-order valence-electron chi connectivity index (χ1n) is 9.92. The summed E-state index contributed by atoms with van der Waals surface area (Å²) in [5, 5.41) is 0. The van der Waals surface area contributed by atoms with Gasteiger partial charge in [0.05, 0.1) is 19.8 Å². The van der Waals surface area contributed by atoms with Crippen molar-refractivity contribution in [2.75, 3.05) is 53.0 Å². The number of rotatable bonds is 5. The molecule has 2 aliphatic rings. The Morgan fingerprint density at radius 2 is 1.78 bits per heavy atom. The van der Waals surface area contributed by atoms with Gasteiger partial charge >= 0.3 is 0 Å². The van der Waals surface area contributed by atoms with Gasteiger partial charge in [0, 0.05) is 32.6 Å². The monoisotopic (exact) mass is 373 g/mol. The largest absolute Gasteiger partial charge is 0.378 e. The van der Waals surface area contributed by atoms with Gasteiger partial charge in [0.15, 0.2) is 0 Å². The van der Waals surface area contributed by atoms with Crippen LogP contribution in [0.2, 0.25) is 0 Å². The molecule has 2 saturated heterocycles. The van der Waals surface area contributed by atoms with Gasteiger partial charge in [0.2, 0.25) is 11.8 Å². The molecule has 6 heteroatoms. The molecule has 3 rings (SSSR count). The summed E-state index contributed by atoms with van der Waals surface area (Å²) in [5.41, 5.74) is 2.39. The van der Waals surface area contributed by atoms with E-state index in [1.54, 1.807) is 4.90 Å². The Balaban J connectivity index is 1.43. The van der Waals surface area contributed by atoms with Crippen LogP contribution >= 0.6 is 0 Å². The van der Waals surface area contributed by atoms with Crippen LogP contribution in [-0.4, -0.2) is 79.5 Å². The molecule has 0 unspecified atom stereocenters. The van der Waals surface area contributed by atoms with Gasteiger partial charge in [-0.25, -0.2) is 0 Å². The van der Waals surface area contributed by atoms with Crippen LogP contribution < -0.4 is 0 Å². The second-order valence-corrected chi connectivity index (χ2v) is 7.66. The summed E-state index contributed by atoms with van der Waals surface area (Å²) in [4.78, 5) is 31.1. The third-order valence-corrected chi connectivity index (χ3v) is 5.71. The van der Waals surface area contributed by atoms with E-state index >= 15 is 0 Å². The van der Waals surface area contributed by atoms with Gasteiger partial charge in [-0.3, -0.25) is 14.5 Å². The second-order valence-electron chi connectivity index (χ2n) is 7.66. The minimum atomic E-state index is 0.0964. The Hall–Kier alpha value is -1.92. The smallest absolute Gasteiger partial charge is 0.236 e. The lowest BCUT2D eigenvalue weighted by atomic mass is 9.95. The number of aryl methyl sites for hydroxylation is 1. The number of carbonyl (C=O) groups excluding carboxylic acids is 2. The molecule has 1 aromatic rings. The van der Waals surface area contributed by atoms with Crippen LogP contribution in [0.15, 0.2) is 24.3 Å². The fourth-order valence-corrected chi connectivity index (χ4v) is 3.82. The molecule has 0 bridgehead atoms. The number of benzene rings is 1. The molecule has 0 saturated carbocycles. The molecule has 2 fully saturated rings. The van der Waals surface area contributed by atoms with Crippen LogP contribution in [-0.2, 0) is 20.9 Å². The number of hydrogen-bond acceptors (Lipinski definition) is 4. The van der Waals surface area contributed by atoms with Crippen LogP contribution in [0, 0.1) is 12.8 Å². The van der Waals surface area contributed by atoms with Crippen molar-refractivity contribution < 1.29 is 14.3 Å². The highest BCUT2D eigenvalue weighted by Gasteiger charge is 2.30. The van der Waals surface area contributed by atoms with Crippen molar-refractivity contribution in [1.29, 1.82) is 0 Å². The number of hydrogen-bond donors (Lipinski definition) is 0. The van der Waals surface area contributed by atoms with Gasteiger partial charge in [0.1, 0.15) is 0 Å². The second kappa shape index (κ2) is 9.33. The first-order chi connectivity index (χ1) is 13.0. The quantitative estimate of drug-likeness (QED) is 0.785. The van der Waals surface area contributed by atoms with E-state index in [4.69, 9.17) is 4.74 Å². The van der Waals surface area contributed by atoms with E-state index in [0.717, 1.165) is 25.9 Å². The molecule has 1 aromatic carbocycles. The molecule has 6 nitrogen and oxygen atoms in total. The zero-order chi connectivity index (χ0) is 19.2. The van der Waals surface area contributed by atoms with Gasteiger partial charge in [0.25, 0.3) is 0 Å². The summed E-state index contributed by atoms with van der Waals surface area (Å²) in [7, 11) is 1.86. The van der Waals surface area contributed by atoms with Crippen molar-refractivity contribution >= 4 is 11.8 Å². The standard InChI is InChI=1S/C21H31N3O3/c1-17-5-3-4-6-19(17)15-22(2)20(25)16-23-9-7-18(8-10-23)21(26)24-11-13-27-14-12-24/h3-6,18H,7-16H2,1-2H3. The molecule has 2 aliphatic heterocycles.